The van der Waals surface area contributed by atoms with Crippen LogP contribution in [0.5, 0.6) is 0 Å². The number of pyridine rings is 1. The lowest BCUT2D eigenvalue weighted by Crippen LogP contribution is -2.44. The van der Waals surface area contributed by atoms with Gasteiger partial charge in [-0.05, 0) is 50.0 Å². The van der Waals surface area contributed by atoms with E-state index in [0.717, 1.165) is 52.0 Å². The van der Waals surface area contributed by atoms with E-state index in [1.165, 1.54) is 5.56 Å². The monoisotopic (exact) mass is 303 g/mol. The first-order valence-electron chi connectivity index (χ1n) is 8.13. The number of ether oxygens (including phenoxy) is 1. The first-order chi connectivity index (χ1) is 10.7. The average molecular weight is 303 g/mol. The number of likely N-dealkylation sites (tertiary alicyclic amines) is 2. The Morgan fingerprint density at radius 1 is 1.18 bits per heavy atom. The molecule has 0 unspecified atom stereocenters. The molecule has 2 saturated heterocycles. The molecule has 5 heteroatoms. The SMILES string of the molecule is COCCN1CCC2(CCN(Cc3ccncc3)CC2)C1=O. The molecule has 1 aromatic rings. The minimum atomic E-state index is -0.0948. The van der Waals surface area contributed by atoms with Crippen LogP contribution in [-0.4, -0.2) is 60.6 Å². The summed E-state index contributed by atoms with van der Waals surface area (Å²) < 4.78 is 5.10. The molecule has 2 aliphatic heterocycles. The van der Waals surface area contributed by atoms with E-state index in [1.807, 2.05) is 17.3 Å². The third-order valence-corrected chi connectivity index (χ3v) is 5.14. The van der Waals surface area contributed by atoms with Crippen molar-refractivity contribution in [1.29, 1.82) is 0 Å². The molecular weight excluding hydrogens is 278 g/mol. The van der Waals surface area contributed by atoms with E-state index in [4.69, 9.17) is 4.74 Å². The number of amides is 1. The molecule has 5 nitrogen and oxygen atoms in total. The number of nitrogens with zero attached hydrogens (tertiary/aromatic N) is 3. The number of hydrogen-bond donors (Lipinski definition) is 0. The zero-order valence-electron chi connectivity index (χ0n) is 13.3. The van der Waals surface area contributed by atoms with Gasteiger partial charge in [0.2, 0.25) is 5.91 Å². The molecule has 120 valence electrons. The van der Waals surface area contributed by atoms with Gasteiger partial charge in [-0.3, -0.25) is 14.7 Å². The fraction of sp³-hybridized carbons (Fsp3) is 0.647. The molecule has 1 amide bonds. The highest BCUT2D eigenvalue weighted by molar-refractivity contribution is 5.85. The minimum absolute atomic E-state index is 0.0948. The van der Waals surface area contributed by atoms with Crippen LogP contribution in [0.25, 0.3) is 0 Å². The van der Waals surface area contributed by atoms with Crippen LogP contribution in [0.4, 0.5) is 0 Å². The van der Waals surface area contributed by atoms with Gasteiger partial charge in [-0.1, -0.05) is 0 Å². The van der Waals surface area contributed by atoms with Crippen molar-refractivity contribution in [3.05, 3.63) is 30.1 Å². The summed E-state index contributed by atoms with van der Waals surface area (Å²) in [6.45, 7) is 5.24. The molecule has 0 saturated carbocycles. The maximum atomic E-state index is 12.7. The van der Waals surface area contributed by atoms with Gasteiger partial charge in [0, 0.05) is 39.1 Å². The van der Waals surface area contributed by atoms with Crippen LogP contribution in [0.15, 0.2) is 24.5 Å². The smallest absolute Gasteiger partial charge is 0.229 e. The van der Waals surface area contributed by atoms with Crippen LogP contribution in [0.3, 0.4) is 0 Å². The zero-order valence-corrected chi connectivity index (χ0v) is 13.3. The van der Waals surface area contributed by atoms with Crippen molar-refractivity contribution in [2.24, 2.45) is 5.41 Å². The first-order valence-corrected chi connectivity index (χ1v) is 8.13. The third-order valence-electron chi connectivity index (χ3n) is 5.14. The maximum Gasteiger partial charge on any atom is 0.229 e. The second-order valence-corrected chi connectivity index (χ2v) is 6.45. The van der Waals surface area contributed by atoms with Crippen molar-refractivity contribution in [3.63, 3.8) is 0 Å². The number of carbonyl (C=O) groups is 1. The Morgan fingerprint density at radius 2 is 1.86 bits per heavy atom. The van der Waals surface area contributed by atoms with Gasteiger partial charge in [-0.15, -0.1) is 0 Å². The predicted octanol–water partition coefficient (Wildman–Crippen LogP) is 1.54. The molecule has 0 N–H and O–H groups in total. The normalized spacial score (nSPS) is 21.7. The minimum Gasteiger partial charge on any atom is -0.383 e. The maximum absolute atomic E-state index is 12.7. The second-order valence-electron chi connectivity index (χ2n) is 6.45. The molecule has 0 aliphatic carbocycles. The molecule has 1 spiro atoms. The van der Waals surface area contributed by atoms with E-state index in [9.17, 15) is 4.79 Å². The fourth-order valence-electron chi connectivity index (χ4n) is 3.66. The van der Waals surface area contributed by atoms with Gasteiger partial charge < -0.3 is 9.64 Å². The van der Waals surface area contributed by atoms with Crippen LogP contribution >= 0.6 is 0 Å². The second kappa shape index (κ2) is 6.75. The Labute approximate surface area is 132 Å². The van der Waals surface area contributed by atoms with Crippen LogP contribution in [0.1, 0.15) is 24.8 Å². The molecule has 0 radical (unpaired) electrons. The summed E-state index contributed by atoms with van der Waals surface area (Å²) in [5.41, 5.74) is 1.20. The summed E-state index contributed by atoms with van der Waals surface area (Å²) in [5.74, 6) is 0.355. The van der Waals surface area contributed by atoms with Crippen molar-refractivity contribution in [2.45, 2.75) is 25.8 Å². The summed E-state index contributed by atoms with van der Waals surface area (Å²) in [7, 11) is 1.69. The van der Waals surface area contributed by atoms with Gasteiger partial charge in [-0.25, -0.2) is 0 Å². The van der Waals surface area contributed by atoms with E-state index in [-0.39, 0.29) is 5.41 Å². The largest absolute Gasteiger partial charge is 0.383 e. The number of aromatic nitrogens is 1. The third kappa shape index (κ3) is 3.15. The zero-order chi connectivity index (χ0) is 15.4. The Morgan fingerprint density at radius 3 is 2.55 bits per heavy atom. The molecular formula is C17H25N3O2. The molecule has 0 aromatic carbocycles. The lowest BCUT2D eigenvalue weighted by Gasteiger charge is -2.38. The number of carbonyl (C=O) groups excluding carboxylic acids is 1. The summed E-state index contributed by atoms with van der Waals surface area (Å²) in [6.07, 6.45) is 6.67. The number of methoxy groups -OCH3 is 1. The van der Waals surface area contributed by atoms with Crippen molar-refractivity contribution >= 4 is 5.91 Å². The lowest BCUT2D eigenvalue weighted by atomic mass is 9.77. The van der Waals surface area contributed by atoms with Gasteiger partial charge in [0.15, 0.2) is 0 Å². The molecule has 0 bridgehead atoms. The van der Waals surface area contributed by atoms with Crippen molar-refractivity contribution in [1.82, 2.24) is 14.8 Å². The van der Waals surface area contributed by atoms with E-state index < -0.39 is 0 Å². The standard InChI is InChI=1S/C17H25N3O2/c1-22-13-12-20-11-6-17(16(20)21)4-9-19(10-5-17)14-15-2-7-18-8-3-15/h2-3,7-8H,4-6,9-14H2,1H3. The summed E-state index contributed by atoms with van der Waals surface area (Å²) in [6, 6.07) is 4.13. The highest BCUT2D eigenvalue weighted by Crippen LogP contribution is 2.41. The van der Waals surface area contributed by atoms with Crippen molar-refractivity contribution in [3.8, 4) is 0 Å². The molecule has 0 atom stereocenters. The van der Waals surface area contributed by atoms with Gasteiger partial charge in [0.25, 0.3) is 0 Å². The van der Waals surface area contributed by atoms with E-state index in [1.54, 1.807) is 7.11 Å². The van der Waals surface area contributed by atoms with Gasteiger partial charge in [0.1, 0.15) is 0 Å². The molecule has 2 fully saturated rings. The van der Waals surface area contributed by atoms with Gasteiger partial charge >= 0.3 is 0 Å². The Bertz CT molecular complexity index is 498. The van der Waals surface area contributed by atoms with E-state index >= 15 is 0 Å². The number of hydrogen-bond acceptors (Lipinski definition) is 4. The quantitative estimate of drug-likeness (QED) is 0.828. The topological polar surface area (TPSA) is 45.7 Å². The molecule has 3 rings (SSSR count). The fourth-order valence-corrected chi connectivity index (χ4v) is 3.66. The number of rotatable bonds is 5. The predicted molar refractivity (Wildman–Crippen MR) is 84.3 cm³/mol. The summed E-state index contributed by atoms with van der Waals surface area (Å²) in [5, 5.41) is 0. The molecule has 3 heterocycles. The van der Waals surface area contributed by atoms with Crippen LogP contribution in [0, 0.1) is 5.41 Å². The molecule has 2 aliphatic rings. The summed E-state index contributed by atoms with van der Waals surface area (Å²) >= 11 is 0. The van der Waals surface area contributed by atoms with Gasteiger partial charge in [0.05, 0.1) is 12.0 Å². The van der Waals surface area contributed by atoms with Crippen molar-refractivity contribution in [2.75, 3.05) is 39.9 Å². The van der Waals surface area contributed by atoms with E-state index in [2.05, 4.69) is 22.0 Å². The molecule has 22 heavy (non-hydrogen) atoms. The first kappa shape index (κ1) is 15.4. The average Bonchev–Trinajstić information content (AvgIpc) is 2.85. The Hall–Kier alpha value is -1.46. The van der Waals surface area contributed by atoms with Crippen molar-refractivity contribution < 1.29 is 9.53 Å². The highest BCUT2D eigenvalue weighted by atomic mass is 16.5. The molecule has 1 aromatic heterocycles. The van der Waals surface area contributed by atoms with E-state index in [0.29, 0.717) is 12.5 Å². The Balaban J connectivity index is 1.54. The summed E-state index contributed by atoms with van der Waals surface area (Å²) in [4.78, 5) is 21.2. The van der Waals surface area contributed by atoms with Gasteiger partial charge in [-0.2, -0.15) is 0 Å². The lowest BCUT2D eigenvalue weighted by molar-refractivity contribution is -0.138. The van der Waals surface area contributed by atoms with Crippen LogP contribution < -0.4 is 0 Å². The Kier molecular flexibility index (Phi) is 4.74. The van der Waals surface area contributed by atoms with Crippen LogP contribution in [0.2, 0.25) is 0 Å². The highest BCUT2D eigenvalue weighted by Gasteiger charge is 2.47. The number of piperidine rings is 1. The van der Waals surface area contributed by atoms with Crippen LogP contribution in [-0.2, 0) is 16.1 Å².